The lowest BCUT2D eigenvalue weighted by Crippen LogP contribution is -2.06. The molecule has 2 heterocycles. The molecule has 0 amide bonds. The second kappa shape index (κ2) is 5.41. The number of nitrogens with zero attached hydrogens (tertiary/aromatic N) is 2. The highest BCUT2D eigenvalue weighted by molar-refractivity contribution is 5.29. The molecule has 0 radical (unpaired) electrons. The third kappa shape index (κ3) is 2.79. The van der Waals surface area contributed by atoms with Gasteiger partial charge in [-0.2, -0.15) is 0 Å². The van der Waals surface area contributed by atoms with E-state index in [-0.39, 0.29) is 0 Å². The predicted molar refractivity (Wildman–Crippen MR) is 63.7 cm³/mol. The fourth-order valence-corrected chi connectivity index (χ4v) is 1.66. The maximum absolute atomic E-state index is 10.1. The van der Waals surface area contributed by atoms with Crippen molar-refractivity contribution in [2.24, 2.45) is 0 Å². The molecular formula is C13H14N2O2. The van der Waals surface area contributed by atoms with Crippen LogP contribution in [-0.4, -0.2) is 22.2 Å². The van der Waals surface area contributed by atoms with Crippen molar-refractivity contribution in [3.63, 3.8) is 0 Å². The Morgan fingerprint density at radius 3 is 2.82 bits per heavy atom. The first-order chi connectivity index (χ1) is 8.31. The van der Waals surface area contributed by atoms with Gasteiger partial charge in [-0.25, -0.2) is 0 Å². The lowest BCUT2D eigenvalue weighted by atomic mass is 10.1. The normalized spacial score (nSPS) is 12.1. The minimum atomic E-state index is -0.685. The topological polar surface area (TPSA) is 55.2 Å². The van der Waals surface area contributed by atoms with E-state index in [1.54, 1.807) is 37.8 Å². The van der Waals surface area contributed by atoms with Gasteiger partial charge in [0.25, 0.3) is 0 Å². The number of hydrogen-bond donors (Lipinski definition) is 1. The molecule has 88 valence electrons. The molecule has 0 bridgehead atoms. The van der Waals surface area contributed by atoms with Crippen molar-refractivity contribution in [1.82, 2.24) is 9.97 Å². The zero-order valence-electron chi connectivity index (χ0n) is 9.58. The van der Waals surface area contributed by atoms with Crippen LogP contribution in [0, 0.1) is 0 Å². The van der Waals surface area contributed by atoms with Gasteiger partial charge in [0.2, 0.25) is 0 Å². The molecule has 0 saturated carbocycles. The molecule has 17 heavy (non-hydrogen) atoms. The summed E-state index contributed by atoms with van der Waals surface area (Å²) in [6, 6.07) is 7.33. The predicted octanol–water partition coefficient (Wildman–Crippen LogP) is 1.76. The summed E-state index contributed by atoms with van der Waals surface area (Å²) < 4.78 is 5.17. The van der Waals surface area contributed by atoms with E-state index in [2.05, 4.69) is 9.97 Å². The Hall–Kier alpha value is -1.94. The van der Waals surface area contributed by atoms with Crippen molar-refractivity contribution in [3.8, 4) is 5.75 Å². The van der Waals surface area contributed by atoms with E-state index < -0.39 is 6.10 Å². The van der Waals surface area contributed by atoms with Gasteiger partial charge < -0.3 is 9.84 Å². The monoisotopic (exact) mass is 230 g/mol. The zero-order valence-corrected chi connectivity index (χ0v) is 9.58. The van der Waals surface area contributed by atoms with Gasteiger partial charge in [-0.15, -0.1) is 0 Å². The number of ether oxygens (including phenoxy) is 1. The summed E-state index contributed by atoms with van der Waals surface area (Å²) in [6.45, 7) is 0. The van der Waals surface area contributed by atoms with Crippen LogP contribution in [0.1, 0.15) is 17.4 Å². The van der Waals surface area contributed by atoms with Gasteiger partial charge in [0, 0.05) is 25.0 Å². The first-order valence-electron chi connectivity index (χ1n) is 5.37. The molecule has 2 rings (SSSR count). The van der Waals surface area contributed by atoms with Gasteiger partial charge in [-0.1, -0.05) is 6.07 Å². The van der Waals surface area contributed by atoms with Gasteiger partial charge in [0.05, 0.1) is 7.11 Å². The van der Waals surface area contributed by atoms with Crippen molar-refractivity contribution in [3.05, 3.63) is 54.1 Å². The van der Waals surface area contributed by atoms with Crippen LogP contribution in [0.4, 0.5) is 0 Å². The molecule has 1 atom stereocenters. The van der Waals surface area contributed by atoms with E-state index in [4.69, 9.17) is 4.74 Å². The van der Waals surface area contributed by atoms with Crippen molar-refractivity contribution in [2.45, 2.75) is 12.5 Å². The molecule has 4 heteroatoms. The third-order valence-electron chi connectivity index (χ3n) is 2.49. The van der Waals surface area contributed by atoms with Crippen LogP contribution < -0.4 is 4.74 Å². The Morgan fingerprint density at radius 2 is 2.12 bits per heavy atom. The van der Waals surface area contributed by atoms with Gasteiger partial charge in [0.15, 0.2) is 0 Å². The SMILES string of the molecule is COc1cccnc1C(O)Cc1cccnc1. The molecule has 2 aromatic heterocycles. The van der Waals surface area contributed by atoms with E-state index >= 15 is 0 Å². The van der Waals surface area contributed by atoms with Crippen molar-refractivity contribution in [2.75, 3.05) is 7.11 Å². The summed E-state index contributed by atoms with van der Waals surface area (Å²) >= 11 is 0. The first kappa shape index (κ1) is 11.5. The molecule has 2 aromatic rings. The molecule has 0 fully saturated rings. The minimum Gasteiger partial charge on any atom is -0.495 e. The molecule has 0 aliphatic heterocycles. The van der Waals surface area contributed by atoms with Crippen molar-refractivity contribution in [1.29, 1.82) is 0 Å². The smallest absolute Gasteiger partial charge is 0.143 e. The van der Waals surface area contributed by atoms with E-state index in [0.29, 0.717) is 17.9 Å². The van der Waals surface area contributed by atoms with Crippen LogP contribution in [0.3, 0.4) is 0 Å². The number of aliphatic hydroxyl groups is 1. The van der Waals surface area contributed by atoms with Gasteiger partial charge >= 0.3 is 0 Å². The Bertz CT molecular complexity index is 474. The fourth-order valence-electron chi connectivity index (χ4n) is 1.66. The highest BCUT2D eigenvalue weighted by Gasteiger charge is 2.14. The summed E-state index contributed by atoms with van der Waals surface area (Å²) in [5.74, 6) is 0.601. The number of aromatic nitrogens is 2. The van der Waals surface area contributed by atoms with Crippen molar-refractivity contribution >= 4 is 0 Å². The molecule has 1 N–H and O–H groups in total. The van der Waals surface area contributed by atoms with Crippen LogP contribution in [-0.2, 0) is 6.42 Å². The zero-order chi connectivity index (χ0) is 12.1. The highest BCUT2D eigenvalue weighted by Crippen LogP contribution is 2.24. The van der Waals surface area contributed by atoms with Crippen LogP contribution in [0.5, 0.6) is 5.75 Å². The second-order valence-corrected chi connectivity index (χ2v) is 3.67. The van der Waals surface area contributed by atoms with E-state index in [9.17, 15) is 5.11 Å². The first-order valence-corrected chi connectivity index (χ1v) is 5.37. The van der Waals surface area contributed by atoms with Crippen LogP contribution >= 0.6 is 0 Å². The van der Waals surface area contributed by atoms with E-state index in [1.165, 1.54) is 0 Å². The van der Waals surface area contributed by atoms with Gasteiger partial charge in [0.1, 0.15) is 17.5 Å². The van der Waals surface area contributed by atoms with Crippen molar-refractivity contribution < 1.29 is 9.84 Å². The molecule has 0 saturated heterocycles. The maximum Gasteiger partial charge on any atom is 0.143 e. The highest BCUT2D eigenvalue weighted by atomic mass is 16.5. The second-order valence-electron chi connectivity index (χ2n) is 3.67. The minimum absolute atomic E-state index is 0.473. The Morgan fingerprint density at radius 1 is 1.29 bits per heavy atom. The fraction of sp³-hybridized carbons (Fsp3) is 0.231. The van der Waals surface area contributed by atoms with Crippen LogP contribution in [0.15, 0.2) is 42.9 Å². The van der Waals surface area contributed by atoms with E-state index in [0.717, 1.165) is 5.56 Å². The van der Waals surface area contributed by atoms with Gasteiger partial charge in [-0.3, -0.25) is 9.97 Å². The average molecular weight is 230 g/mol. The Balaban J connectivity index is 2.17. The molecule has 1 unspecified atom stereocenters. The lowest BCUT2D eigenvalue weighted by molar-refractivity contribution is 0.168. The van der Waals surface area contributed by atoms with Crippen LogP contribution in [0.25, 0.3) is 0 Å². The molecule has 0 aromatic carbocycles. The third-order valence-corrected chi connectivity index (χ3v) is 2.49. The molecular weight excluding hydrogens is 216 g/mol. The number of pyridine rings is 2. The molecule has 0 spiro atoms. The molecule has 4 nitrogen and oxygen atoms in total. The Kier molecular flexibility index (Phi) is 3.67. The largest absolute Gasteiger partial charge is 0.495 e. The number of rotatable bonds is 4. The Labute approximate surface area is 99.9 Å². The van der Waals surface area contributed by atoms with E-state index in [1.807, 2.05) is 12.1 Å². The summed E-state index contributed by atoms with van der Waals surface area (Å²) in [4.78, 5) is 8.16. The number of methoxy groups -OCH3 is 1. The summed E-state index contributed by atoms with van der Waals surface area (Å²) in [6.07, 6.45) is 4.87. The molecule has 0 aliphatic carbocycles. The van der Waals surface area contributed by atoms with Crippen LogP contribution in [0.2, 0.25) is 0 Å². The lowest BCUT2D eigenvalue weighted by Gasteiger charge is -2.13. The molecule has 0 aliphatic rings. The maximum atomic E-state index is 10.1. The quantitative estimate of drug-likeness (QED) is 0.869. The summed E-state index contributed by atoms with van der Waals surface area (Å²) in [7, 11) is 1.57. The summed E-state index contributed by atoms with van der Waals surface area (Å²) in [5.41, 5.74) is 1.52. The standard InChI is InChI=1S/C13H14N2O2/c1-17-12-5-3-7-15-13(12)11(16)8-10-4-2-6-14-9-10/h2-7,9,11,16H,8H2,1H3. The average Bonchev–Trinajstić information content (AvgIpc) is 2.40. The number of aliphatic hydroxyl groups excluding tert-OH is 1. The number of hydrogen-bond acceptors (Lipinski definition) is 4. The summed E-state index contributed by atoms with van der Waals surface area (Å²) in [5, 5.41) is 10.1. The van der Waals surface area contributed by atoms with Gasteiger partial charge in [-0.05, 0) is 23.8 Å².